The second-order valence-corrected chi connectivity index (χ2v) is 7.29. The fourth-order valence-electron chi connectivity index (χ4n) is 2.19. The summed E-state index contributed by atoms with van der Waals surface area (Å²) in [5.41, 5.74) is 1.83. The third-order valence-corrected chi connectivity index (χ3v) is 4.93. The van der Waals surface area contributed by atoms with E-state index in [-0.39, 0.29) is 10.8 Å². The molecule has 0 unspecified atom stereocenters. The van der Waals surface area contributed by atoms with Gasteiger partial charge in [-0.25, -0.2) is 4.98 Å². The van der Waals surface area contributed by atoms with Crippen LogP contribution in [0.5, 0.6) is 5.75 Å². The van der Waals surface area contributed by atoms with Crippen LogP contribution in [0.1, 0.15) is 0 Å². The molecule has 0 saturated carbocycles. The van der Waals surface area contributed by atoms with Gasteiger partial charge in [0.2, 0.25) is 0 Å². The molecule has 2 aromatic carbocycles. The summed E-state index contributed by atoms with van der Waals surface area (Å²) in [5.74, 6) is -0.379. The number of alkyl halides is 3. The average molecular weight is 417 g/mol. The first-order valence-electron chi connectivity index (χ1n) is 7.26. The number of aromatic nitrogens is 1. The van der Waals surface area contributed by atoms with E-state index in [1.807, 2.05) is 30.5 Å². The molecule has 0 atom stereocenters. The maximum absolute atomic E-state index is 12.4. The molecule has 0 fully saturated rings. The minimum Gasteiger partial charge on any atom is -0.406 e. The van der Waals surface area contributed by atoms with Crippen molar-refractivity contribution in [1.29, 1.82) is 0 Å². The number of thioether (sulfide) groups is 1. The summed E-state index contributed by atoms with van der Waals surface area (Å²) >= 11 is 8.88. The number of halogens is 4. The summed E-state index contributed by atoms with van der Waals surface area (Å²) in [7, 11) is 0. The van der Waals surface area contributed by atoms with E-state index in [0.29, 0.717) is 16.4 Å². The van der Waals surface area contributed by atoms with Gasteiger partial charge in [-0.3, -0.25) is 0 Å². The summed E-state index contributed by atoms with van der Waals surface area (Å²) in [6.07, 6.45) is -2.79. The molecule has 0 spiro atoms. The van der Waals surface area contributed by atoms with Gasteiger partial charge in [-0.2, -0.15) is 0 Å². The third-order valence-electron chi connectivity index (χ3n) is 3.23. The van der Waals surface area contributed by atoms with Gasteiger partial charge in [-0.1, -0.05) is 17.7 Å². The predicted molar refractivity (Wildman–Crippen MR) is 101 cm³/mol. The zero-order valence-electron chi connectivity index (χ0n) is 13.3. The van der Waals surface area contributed by atoms with Gasteiger partial charge in [0.1, 0.15) is 5.75 Å². The highest BCUT2D eigenvalue weighted by Crippen LogP contribution is 2.34. The van der Waals surface area contributed by atoms with E-state index in [0.717, 1.165) is 16.6 Å². The second kappa shape index (κ2) is 7.77. The number of nitrogens with one attached hydrogen (secondary N) is 1. The Bertz CT molecular complexity index is 915. The summed E-state index contributed by atoms with van der Waals surface area (Å²) < 4.78 is 41.2. The molecule has 0 radical (unpaired) electrons. The molecule has 3 aromatic rings. The minimum absolute atomic E-state index is 0.136. The van der Waals surface area contributed by atoms with Crippen LogP contribution in [-0.2, 0) is 0 Å². The predicted octanol–water partition coefficient (Wildman–Crippen LogP) is 6.83. The molecule has 26 heavy (non-hydrogen) atoms. The van der Waals surface area contributed by atoms with Gasteiger partial charge in [0, 0.05) is 26.5 Å². The van der Waals surface area contributed by atoms with Crippen LogP contribution in [0.4, 0.5) is 24.0 Å². The van der Waals surface area contributed by atoms with Crippen LogP contribution in [0.3, 0.4) is 0 Å². The lowest BCUT2D eigenvalue weighted by atomic mass is 10.1. The average Bonchev–Trinajstić information content (AvgIpc) is 3.01. The van der Waals surface area contributed by atoms with Gasteiger partial charge in [0.15, 0.2) is 5.13 Å². The van der Waals surface area contributed by atoms with Crippen LogP contribution in [0.25, 0.3) is 11.3 Å². The van der Waals surface area contributed by atoms with Crippen LogP contribution in [-0.4, -0.2) is 17.6 Å². The Balaban J connectivity index is 1.83. The van der Waals surface area contributed by atoms with Crippen LogP contribution < -0.4 is 10.1 Å². The summed E-state index contributed by atoms with van der Waals surface area (Å²) in [6.45, 7) is 0. The quantitative estimate of drug-likeness (QED) is 0.462. The van der Waals surface area contributed by atoms with Gasteiger partial charge in [-0.15, -0.1) is 36.3 Å². The molecule has 1 heterocycles. The Hall–Kier alpha value is -1.90. The fraction of sp³-hybridized carbons (Fsp3) is 0.118. The smallest absolute Gasteiger partial charge is 0.406 e. The van der Waals surface area contributed by atoms with Gasteiger partial charge in [0.05, 0.1) is 5.69 Å². The van der Waals surface area contributed by atoms with E-state index in [1.165, 1.54) is 23.5 Å². The molecule has 0 bridgehead atoms. The van der Waals surface area contributed by atoms with Gasteiger partial charge < -0.3 is 10.1 Å². The third kappa shape index (κ3) is 5.06. The minimum atomic E-state index is -4.78. The monoisotopic (exact) mass is 416 g/mol. The molecular formula is C17H12ClF3N2OS2. The number of nitrogens with zero attached hydrogens (tertiary/aromatic N) is 1. The Morgan fingerprint density at radius 2 is 2.00 bits per heavy atom. The highest BCUT2D eigenvalue weighted by Gasteiger charge is 2.31. The molecule has 3 rings (SSSR count). The molecule has 0 aliphatic heterocycles. The van der Waals surface area contributed by atoms with Crippen molar-refractivity contribution in [3.05, 3.63) is 52.9 Å². The molecule has 0 aliphatic carbocycles. The van der Waals surface area contributed by atoms with E-state index < -0.39 is 6.36 Å². The van der Waals surface area contributed by atoms with E-state index >= 15 is 0 Å². The van der Waals surface area contributed by atoms with Crippen LogP contribution in [0.2, 0.25) is 5.02 Å². The summed E-state index contributed by atoms with van der Waals surface area (Å²) in [6, 6.07) is 11.7. The first-order chi connectivity index (χ1) is 12.3. The highest BCUT2D eigenvalue weighted by atomic mass is 35.5. The largest absolute Gasteiger partial charge is 0.573 e. The SMILES string of the molecule is CSc1cccc(Nc2nc(-c3cc(Cl)cc(OC(F)(F)F)c3)cs2)c1. The zero-order valence-corrected chi connectivity index (χ0v) is 15.7. The second-order valence-electron chi connectivity index (χ2n) is 5.12. The molecule has 0 amide bonds. The molecule has 1 aromatic heterocycles. The highest BCUT2D eigenvalue weighted by molar-refractivity contribution is 7.98. The van der Waals surface area contributed by atoms with Crippen molar-refractivity contribution in [1.82, 2.24) is 4.98 Å². The molecule has 9 heteroatoms. The first-order valence-corrected chi connectivity index (χ1v) is 9.74. The van der Waals surface area contributed by atoms with Crippen molar-refractivity contribution in [2.75, 3.05) is 11.6 Å². The number of anilines is 2. The Morgan fingerprint density at radius 1 is 1.19 bits per heavy atom. The topological polar surface area (TPSA) is 34.2 Å². The van der Waals surface area contributed by atoms with E-state index in [4.69, 9.17) is 11.6 Å². The van der Waals surface area contributed by atoms with Crippen LogP contribution in [0.15, 0.2) is 52.7 Å². The fourth-order valence-corrected chi connectivity index (χ4v) is 3.62. The Labute approximate surface area is 161 Å². The van der Waals surface area contributed by atoms with Crippen LogP contribution in [0, 0.1) is 0 Å². The lowest BCUT2D eigenvalue weighted by molar-refractivity contribution is -0.274. The number of hydrogen-bond donors (Lipinski definition) is 1. The molecule has 3 nitrogen and oxygen atoms in total. The van der Waals surface area contributed by atoms with Crippen molar-refractivity contribution >= 4 is 45.5 Å². The Morgan fingerprint density at radius 3 is 2.73 bits per heavy atom. The number of ether oxygens (including phenoxy) is 1. The number of benzene rings is 2. The van der Waals surface area contributed by atoms with Crippen molar-refractivity contribution in [3.8, 4) is 17.0 Å². The number of hydrogen-bond acceptors (Lipinski definition) is 5. The van der Waals surface area contributed by atoms with Crippen molar-refractivity contribution < 1.29 is 17.9 Å². The number of thiazole rings is 1. The maximum Gasteiger partial charge on any atom is 0.573 e. The van der Waals surface area contributed by atoms with E-state index in [1.54, 1.807) is 17.1 Å². The summed E-state index contributed by atoms with van der Waals surface area (Å²) in [4.78, 5) is 5.52. The van der Waals surface area contributed by atoms with Crippen LogP contribution >= 0.6 is 34.7 Å². The van der Waals surface area contributed by atoms with Crippen molar-refractivity contribution in [3.63, 3.8) is 0 Å². The zero-order chi connectivity index (χ0) is 18.7. The molecule has 1 N–H and O–H groups in total. The normalized spacial score (nSPS) is 11.4. The van der Waals surface area contributed by atoms with Gasteiger partial charge >= 0.3 is 6.36 Å². The van der Waals surface area contributed by atoms with E-state index in [9.17, 15) is 13.2 Å². The Kier molecular flexibility index (Phi) is 5.64. The number of rotatable bonds is 5. The molecule has 0 saturated heterocycles. The molecule has 0 aliphatic rings. The van der Waals surface area contributed by atoms with Gasteiger partial charge in [-0.05, 0) is 42.7 Å². The van der Waals surface area contributed by atoms with E-state index in [2.05, 4.69) is 15.0 Å². The van der Waals surface area contributed by atoms with Crippen molar-refractivity contribution in [2.24, 2.45) is 0 Å². The summed E-state index contributed by atoms with van der Waals surface area (Å²) in [5, 5.41) is 5.68. The van der Waals surface area contributed by atoms with Gasteiger partial charge in [0.25, 0.3) is 0 Å². The standard InChI is InChI=1S/C17H12ClF3N2OS2/c1-25-14-4-2-3-12(8-14)22-16-23-15(9-26-16)10-5-11(18)7-13(6-10)24-17(19,20)21/h2-9H,1H3,(H,22,23). The first kappa shape index (κ1) is 18.9. The lowest BCUT2D eigenvalue weighted by Crippen LogP contribution is -2.17. The molecule has 136 valence electrons. The lowest BCUT2D eigenvalue weighted by Gasteiger charge is -2.10. The molecular weight excluding hydrogens is 405 g/mol. The maximum atomic E-state index is 12.4. The van der Waals surface area contributed by atoms with Crippen molar-refractivity contribution in [2.45, 2.75) is 11.3 Å².